The van der Waals surface area contributed by atoms with E-state index in [4.69, 9.17) is 0 Å². The second-order valence-corrected chi connectivity index (χ2v) is 5.90. The smallest absolute Gasteiger partial charge is 0.223 e. The van der Waals surface area contributed by atoms with Crippen LogP contribution in [0.5, 0.6) is 0 Å². The quantitative estimate of drug-likeness (QED) is 0.631. The maximum atomic E-state index is 12.0. The second-order valence-electron chi connectivity index (χ2n) is 5.90. The van der Waals surface area contributed by atoms with E-state index in [1.54, 1.807) is 0 Å². The van der Waals surface area contributed by atoms with Gasteiger partial charge < -0.3 is 10.6 Å². The second kappa shape index (κ2) is 10.2. The maximum absolute atomic E-state index is 12.0. The van der Waals surface area contributed by atoms with Gasteiger partial charge >= 0.3 is 0 Å². The molecule has 0 atom stereocenters. The molecule has 1 amide bonds. The van der Waals surface area contributed by atoms with Gasteiger partial charge in [0.05, 0.1) is 0 Å². The number of hydrogen-bond donors (Lipinski definition) is 2. The Kier molecular flexibility index (Phi) is 8.89. The van der Waals surface area contributed by atoms with Crippen LogP contribution >= 0.6 is 0 Å². The third-order valence-corrected chi connectivity index (χ3v) is 4.21. The molecular formula is C16H32N2O. The Morgan fingerprint density at radius 1 is 1.00 bits per heavy atom. The molecule has 1 fully saturated rings. The Morgan fingerprint density at radius 2 is 1.74 bits per heavy atom. The van der Waals surface area contributed by atoms with E-state index >= 15 is 0 Å². The van der Waals surface area contributed by atoms with Gasteiger partial charge in [-0.2, -0.15) is 0 Å². The molecular weight excluding hydrogens is 236 g/mol. The van der Waals surface area contributed by atoms with Crippen molar-refractivity contribution in [3.8, 4) is 0 Å². The molecule has 1 rings (SSSR count). The third kappa shape index (κ3) is 6.95. The molecule has 0 radical (unpaired) electrons. The molecule has 0 aromatic rings. The van der Waals surface area contributed by atoms with Crippen LogP contribution in [0.1, 0.15) is 65.2 Å². The van der Waals surface area contributed by atoms with Crippen molar-refractivity contribution in [1.29, 1.82) is 0 Å². The number of amides is 1. The fourth-order valence-electron chi connectivity index (χ4n) is 2.93. The van der Waals surface area contributed by atoms with Crippen LogP contribution in [0.3, 0.4) is 0 Å². The molecule has 1 aliphatic rings. The van der Waals surface area contributed by atoms with E-state index in [0.717, 1.165) is 44.8 Å². The molecule has 19 heavy (non-hydrogen) atoms. The van der Waals surface area contributed by atoms with Crippen molar-refractivity contribution in [3.05, 3.63) is 0 Å². The lowest BCUT2D eigenvalue weighted by molar-refractivity contribution is -0.126. The Labute approximate surface area is 118 Å². The minimum Gasteiger partial charge on any atom is -0.355 e. The first-order chi connectivity index (χ1) is 9.27. The normalized spacial score (nSPS) is 23.3. The number of carbonyl (C=O) groups is 1. The molecule has 1 saturated carbocycles. The number of nitrogens with one attached hydrogen (secondary N) is 2. The van der Waals surface area contributed by atoms with Crippen molar-refractivity contribution < 1.29 is 4.79 Å². The molecule has 3 heteroatoms. The van der Waals surface area contributed by atoms with Gasteiger partial charge in [-0.25, -0.2) is 0 Å². The van der Waals surface area contributed by atoms with Crippen LogP contribution in [0, 0.1) is 11.8 Å². The molecule has 0 aromatic carbocycles. The van der Waals surface area contributed by atoms with Crippen LogP contribution in [0.25, 0.3) is 0 Å². The summed E-state index contributed by atoms with van der Waals surface area (Å²) in [6.45, 7) is 7.12. The lowest BCUT2D eigenvalue weighted by Gasteiger charge is -2.27. The van der Waals surface area contributed by atoms with Crippen molar-refractivity contribution >= 4 is 5.91 Å². The molecule has 0 unspecified atom stereocenters. The number of rotatable bonds is 9. The highest BCUT2D eigenvalue weighted by Gasteiger charge is 2.25. The standard InChI is InChI=1S/C16H32N2O/c1-3-5-6-14-7-9-15(10-8-14)16(19)18-13-12-17-11-4-2/h14-15,17H,3-13H2,1-2H3,(H,18,19). The zero-order chi connectivity index (χ0) is 13.9. The number of unbranched alkanes of at least 4 members (excludes halogenated alkanes) is 1. The van der Waals surface area contributed by atoms with Gasteiger partial charge in [-0.3, -0.25) is 4.79 Å². The predicted octanol–water partition coefficient (Wildman–Crippen LogP) is 3.10. The summed E-state index contributed by atoms with van der Waals surface area (Å²) in [5.41, 5.74) is 0. The summed E-state index contributed by atoms with van der Waals surface area (Å²) < 4.78 is 0. The first-order valence-corrected chi connectivity index (χ1v) is 8.26. The molecule has 0 aliphatic heterocycles. The topological polar surface area (TPSA) is 41.1 Å². The van der Waals surface area contributed by atoms with E-state index in [1.807, 2.05) is 0 Å². The first kappa shape index (κ1) is 16.5. The highest BCUT2D eigenvalue weighted by atomic mass is 16.1. The van der Waals surface area contributed by atoms with Crippen LogP contribution in [0.15, 0.2) is 0 Å². The summed E-state index contributed by atoms with van der Waals surface area (Å²) in [6.07, 6.45) is 9.88. The van der Waals surface area contributed by atoms with Gasteiger partial charge in [0.2, 0.25) is 5.91 Å². The van der Waals surface area contributed by atoms with E-state index in [-0.39, 0.29) is 11.8 Å². The number of hydrogen-bond acceptors (Lipinski definition) is 2. The minimum absolute atomic E-state index is 0.282. The van der Waals surface area contributed by atoms with Crippen LogP contribution < -0.4 is 10.6 Å². The lowest BCUT2D eigenvalue weighted by atomic mass is 9.79. The first-order valence-electron chi connectivity index (χ1n) is 8.26. The average molecular weight is 268 g/mol. The van der Waals surface area contributed by atoms with E-state index < -0.39 is 0 Å². The van der Waals surface area contributed by atoms with Gasteiger partial charge in [0.1, 0.15) is 0 Å². The monoisotopic (exact) mass is 268 g/mol. The van der Waals surface area contributed by atoms with Crippen molar-refractivity contribution in [2.24, 2.45) is 11.8 Å². The van der Waals surface area contributed by atoms with Gasteiger partial charge in [-0.15, -0.1) is 0 Å². The summed E-state index contributed by atoms with van der Waals surface area (Å²) in [7, 11) is 0. The lowest BCUT2D eigenvalue weighted by Crippen LogP contribution is -2.37. The van der Waals surface area contributed by atoms with Crippen LogP contribution in [0.4, 0.5) is 0 Å². The summed E-state index contributed by atoms with van der Waals surface area (Å²) in [6, 6.07) is 0. The van der Waals surface area contributed by atoms with Crippen LogP contribution in [0.2, 0.25) is 0 Å². The Bertz CT molecular complexity index is 235. The fourth-order valence-corrected chi connectivity index (χ4v) is 2.93. The van der Waals surface area contributed by atoms with Gasteiger partial charge in [0.25, 0.3) is 0 Å². The molecule has 0 spiro atoms. The third-order valence-electron chi connectivity index (χ3n) is 4.21. The van der Waals surface area contributed by atoms with Crippen molar-refractivity contribution in [1.82, 2.24) is 10.6 Å². The zero-order valence-corrected chi connectivity index (χ0v) is 12.8. The van der Waals surface area contributed by atoms with E-state index in [1.165, 1.54) is 32.1 Å². The molecule has 0 bridgehead atoms. The highest BCUT2D eigenvalue weighted by Crippen LogP contribution is 2.31. The summed E-state index contributed by atoms with van der Waals surface area (Å²) in [5, 5.41) is 6.38. The molecule has 0 aromatic heterocycles. The van der Waals surface area contributed by atoms with Gasteiger partial charge in [0, 0.05) is 19.0 Å². The SMILES string of the molecule is CCCCC1CCC(C(=O)NCCNCCC)CC1. The van der Waals surface area contributed by atoms with Crippen molar-refractivity contribution in [2.45, 2.75) is 65.2 Å². The van der Waals surface area contributed by atoms with E-state index in [2.05, 4.69) is 24.5 Å². The van der Waals surface area contributed by atoms with E-state index in [9.17, 15) is 4.79 Å². The van der Waals surface area contributed by atoms with Gasteiger partial charge in [-0.05, 0) is 44.6 Å². The predicted molar refractivity (Wildman–Crippen MR) is 81.1 cm³/mol. The average Bonchev–Trinajstić information content (AvgIpc) is 2.45. The maximum Gasteiger partial charge on any atom is 0.223 e. The Balaban J connectivity index is 2.07. The zero-order valence-electron chi connectivity index (χ0n) is 12.8. The van der Waals surface area contributed by atoms with Crippen molar-refractivity contribution in [3.63, 3.8) is 0 Å². The summed E-state index contributed by atoms with van der Waals surface area (Å²) >= 11 is 0. The minimum atomic E-state index is 0.282. The van der Waals surface area contributed by atoms with Crippen molar-refractivity contribution in [2.75, 3.05) is 19.6 Å². The molecule has 112 valence electrons. The van der Waals surface area contributed by atoms with Gasteiger partial charge in [-0.1, -0.05) is 33.1 Å². The Hall–Kier alpha value is -0.570. The number of carbonyl (C=O) groups excluding carboxylic acids is 1. The fraction of sp³-hybridized carbons (Fsp3) is 0.938. The van der Waals surface area contributed by atoms with Crippen LogP contribution in [-0.2, 0) is 4.79 Å². The Morgan fingerprint density at radius 3 is 2.37 bits per heavy atom. The summed E-state index contributed by atoms with van der Waals surface area (Å²) in [4.78, 5) is 12.0. The molecule has 2 N–H and O–H groups in total. The van der Waals surface area contributed by atoms with E-state index in [0.29, 0.717) is 0 Å². The van der Waals surface area contributed by atoms with Crippen LogP contribution in [-0.4, -0.2) is 25.5 Å². The molecule has 1 aliphatic carbocycles. The molecule has 0 heterocycles. The highest BCUT2D eigenvalue weighted by molar-refractivity contribution is 5.78. The summed E-state index contributed by atoms with van der Waals surface area (Å²) in [5.74, 6) is 1.45. The van der Waals surface area contributed by atoms with Gasteiger partial charge in [0.15, 0.2) is 0 Å². The molecule has 3 nitrogen and oxygen atoms in total. The molecule has 0 saturated heterocycles. The largest absolute Gasteiger partial charge is 0.355 e.